The van der Waals surface area contributed by atoms with Crippen molar-refractivity contribution in [1.29, 1.82) is 0 Å². The minimum absolute atomic E-state index is 0.258. The second kappa shape index (κ2) is 6.35. The van der Waals surface area contributed by atoms with Gasteiger partial charge in [-0.2, -0.15) is 0 Å². The summed E-state index contributed by atoms with van der Waals surface area (Å²) in [7, 11) is 0. The SMILES string of the molecule is O=C(CCCc1ccccc1)Cn1cnc2ccccc21. The molecule has 0 aliphatic heterocycles. The highest BCUT2D eigenvalue weighted by molar-refractivity contribution is 5.81. The molecular weight excluding hydrogens is 260 g/mol. The van der Waals surface area contributed by atoms with Crippen LogP contribution < -0.4 is 0 Å². The van der Waals surface area contributed by atoms with Gasteiger partial charge in [-0.3, -0.25) is 4.79 Å². The van der Waals surface area contributed by atoms with E-state index in [1.807, 2.05) is 47.0 Å². The third-order valence-electron chi connectivity index (χ3n) is 3.64. The molecule has 0 saturated carbocycles. The molecular formula is C18H18N2O. The first-order valence-electron chi connectivity index (χ1n) is 7.28. The molecule has 0 spiro atoms. The Labute approximate surface area is 124 Å². The molecule has 106 valence electrons. The predicted molar refractivity (Wildman–Crippen MR) is 84.1 cm³/mol. The number of hydrogen-bond donors (Lipinski definition) is 0. The zero-order chi connectivity index (χ0) is 14.5. The van der Waals surface area contributed by atoms with Crippen molar-refractivity contribution >= 4 is 16.8 Å². The number of para-hydroxylation sites is 2. The maximum absolute atomic E-state index is 12.1. The van der Waals surface area contributed by atoms with E-state index in [0.29, 0.717) is 13.0 Å². The van der Waals surface area contributed by atoms with Crippen molar-refractivity contribution < 1.29 is 4.79 Å². The van der Waals surface area contributed by atoms with Crippen molar-refractivity contribution in [3.05, 3.63) is 66.5 Å². The smallest absolute Gasteiger partial charge is 0.152 e. The lowest BCUT2D eigenvalue weighted by Crippen LogP contribution is -2.09. The van der Waals surface area contributed by atoms with Crippen LogP contribution >= 0.6 is 0 Å². The van der Waals surface area contributed by atoms with Gasteiger partial charge in [0, 0.05) is 6.42 Å². The van der Waals surface area contributed by atoms with Gasteiger partial charge in [0.2, 0.25) is 0 Å². The minimum atomic E-state index is 0.258. The zero-order valence-corrected chi connectivity index (χ0v) is 11.9. The number of aromatic nitrogens is 2. The normalized spacial score (nSPS) is 10.9. The fourth-order valence-electron chi connectivity index (χ4n) is 2.54. The summed E-state index contributed by atoms with van der Waals surface area (Å²) in [4.78, 5) is 16.4. The van der Waals surface area contributed by atoms with Crippen LogP contribution in [-0.4, -0.2) is 15.3 Å². The zero-order valence-electron chi connectivity index (χ0n) is 11.9. The Bertz CT molecular complexity index is 731. The van der Waals surface area contributed by atoms with E-state index in [1.165, 1.54) is 5.56 Å². The molecule has 0 saturated heterocycles. The average molecular weight is 278 g/mol. The fraction of sp³-hybridized carbons (Fsp3) is 0.222. The Kier molecular flexibility index (Phi) is 4.10. The Morgan fingerprint density at radius 3 is 2.62 bits per heavy atom. The number of fused-ring (bicyclic) bond motifs is 1. The predicted octanol–water partition coefficient (Wildman–Crippen LogP) is 3.63. The summed E-state index contributed by atoms with van der Waals surface area (Å²) < 4.78 is 1.93. The van der Waals surface area contributed by atoms with Crippen LogP contribution in [0.3, 0.4) is 0 Å². The van der Waals surface area contributed by atoms with Crippen molar-refractivity contribution in [2.24, 2.45) is 0 Å². The lowest BCUT2D eigenvalue weighted by Gasteiger charge is -2.04. The molecule has 0 bridgehead atoms. The molecule has 1 aromatic heterocycles. The highest BCUT2D eigenvalue weighted by Crippen LogP contribution is 2.12. The molecule has 3 nitrogen and oxygen atoms in total. The third kappa shape index (κ3) is 3.37. The van der Waals surface area contributed by atoms with Gasteiger partial charge in [-0.25, -0.2) is 4.98 Å². The van der Waals surface area contributed by atoms with Crippen LogP contribution in [0.4, 0.5) is 0 Å². The summed E-state index contributed by atoms with van der Waals surface area (Å²) in [6, 6.07) is 18.2. The second-order valence-electron chi connectivity index (χ2n) is 5.24. The lowest BCUT2D eigenvalue weighted by atomic mass is 10.1. The number of carbonyl (C=O) groups is 1. The van der Waals surface area contributed by atoms with Gasteiger partial charge in [-0.1, -0.05) is 42.5 Å². The Hall–Kier alpha value is -2.42. The third-order valence-corrected chi connectivity index (χ3v) is 3.64. The van der Waals surface area contributed by atoms with Crippen LogP contribution in [0.1, 0.15) is 18.4 Å². The van der Waals surface area contributed by atoms with Crippen molar-refractivity contribution in [1.82, 2.24) is 9.55 Å². The van der Waals surface area contributed by atoms with Gasteiger partial charge in [-0.05, 0) is 30.5 Å². The Morgan fingerprint density at radius 2 is 1.76 bits per heavy atom. The summed E-state index contributed by atoms with van der Waals surface area (Å²) in [6.07, 6.45) is 4.22. The van der Waals surface area contributed by atoms with Gasteiger partial charge < -0.3 is 4.57 Å². The topological polar surface area (TPSA) is 34.9 Å². The van der Waals surface area contributed by atoms with Gasteiger partial charge in [-0.15, -0.1) is 0 Å². The maximum atomic E-state index is 12.1. The maximum Gasteiger partial charge on any atom is 0.152 e. The number of carbonyl (C=O) groups excluding carboxylic acids is 1. The van der Waals surface area contributed by atoms with Gasteiger partial charge in [0.15, 0.2) is 5.78 Å². The van der Waals surface area contributed by atoms with Gasteiger partial charge >= 0.3 is 0 Å². The molecule has 0 atom stereocenters. The first-order chi connectivity index (χ1) is 10.3. The van der Waals surface area contributed by atoms with Crippen LogP contribution in [0.5, 0.6) is 0 Å². The van der Waals surface area contributed by atoms with Gasteiger partial charge in [0.05, 0.1) is 23.9 Å². The van der Waals surface area contributed by atoms with Gasteiger partial charge in [0.25, 0.3) is 0 Å². The summed E-state index contributed by atoms with van der Waals surface area (Å²) in [6.45, 7) is 0.412. The summed E-state index contributed by atoms with van der Waals surface area (Å²) in [5.74, 6) is 0.258. The summed E-state index contributed by atoms with van der Waals surface area (Å²) in [5, 5.41) is 0. The van der Waals surface area contributed by atoms with Crippen LogP contribution in [0.25, 0.3) is 11.0 Å². The van der Waals surface area contributed by atoms with Crippen molar-refractivity contribution in [3.63, 3.8) is 0 Å². The molecule has 0 N–H and O–H groups in total. The van der Waals surface area contributed by atoms with E-state index in [0.717, 1.165) is 23.9 Å². The van der Waals surface area contributed by atoms with E-state index < -0.39 is 0 Å². The number of hydrogen-bond acceptors (Lipinski definition) is 2. The lowest BCUT2D eigenvalue weighted by molar-refractivity contribution is -0.119. The highest BCUT2D eigenvalue weighted by atomic mass is 16.1. The standard InChI is InChI=1S/C18H18N2O/c21-16(10-6-9-15-7-2-1-3-8-15)13-20-14-19-17-11-4-5-12-18(17)20/h1-5,7-8,11-12,14H,6,9-10,13H2. The Morgan fingerprint density at radius 1 is 1.00 bits per heavy atom. The molecule has 3 rings (SSSR count). The first kappa shape index (κ1) is 13.6. The van der Waals surface area contributed by atoms with Crippen LogP contribution in [0.15, 0.2) is 60.9 Å². The second-order valence-corrected chi connectivity index (χ2v) is 5.24. The minimum Gasteiger partial charge on any atom is -0.323 e. The molecule has 0 radical (unpaired) electrons. The van der Waals surface area contributed by atoms with Crippen LogP contribution in [-0.2, 0) is 17.8 Å². The number of rotatable bonds is 6. The van der Waals surface area contributed by atoms with Crippen LogP contribution in [0, 0.1) is 0 Å². The molecule has 0 aliphatic carbocycles. The van der Waals surface area contributed by atoms with Gasteiger partial charge in [0.1, 0.15) is 0 Å². The largest absolute Gasteiger partial charge is 0.323 e. The quantitative estimate of drug-likeness (QED) is 0.690. The van der Waals surface area contributed by atoms with E-state index >= 15 is 0 Å². The first-order valence-corrected chi connectivity index (χ1v) is 7.28. The molecule has 1 heterocycles. The van der Waals surface area contributed by atoms with Crippen molar-refractivity contribution in [3.8, 4) is 0 Å². The molecule has 21 heavy (non-hydrogen) atoms. The number of nitrogens with zero attached hydrogens (tertiary/aromatic N) is 2. The molecule has 0 fully saturated rings. The van der Waals surface area contributed by atoms with E-state index in [-0.39, 0.29) is 5.78 Å². The number of imidazole rings is 1. The molecule has 0 aliphatic rings. The molecule has 3 heteroatoms. The number of benzene rings is 2. The molecule has 3 aromatic rings. The monoisotopic (exact) mass is 278 g/mol. The molecule has 0 amide bonds. The van der Waals surface area contributed by atoms with E-state index in [9.17, 15) is 4.79 Å². The number of Topliss-reactive ketones (excluding diaryl/α,β-unsaturated/α-hetero) is 1. The van der Waals surface area contributed by atoms with E-state index in [1.54, 1.807) is 6.33 Å². The summed E-state index contributed by atoms with van der Waals surface area (Å²) >= 11 is 0. The summed E-state index contributed by atoms with van der Waals surface area (Å²) in [5.41, 5.74) is 3.25. The highest BCUT2D eigenvalue weighted by Gasteiger charge is 2.07. The fourth-order valence-corrected chi connectivity index (χ4v) is 2.54. The van der Waals surface area contributed by atoms with Crippen molar-refractivity contribution in [2.45, 2.75) is 25.8 Å². The molecule has 2 aromatic carbocycles. The van der Waals surface area contributed by atoms with Crippen molar-refractivity contribution in [2.75, 3.05) is 0 Å². The number of aryl methyl sites for hydroxylation is 1. The van der Waals surface area contributed by atoms with E-state index in [4.69, 9.17) is 0 Å². The number of ketones is 1. The average Bonchev–Trinajstić information content (AvgIpc) is 2.92. The van der Waals surface area contributed by atoms with E-state index in [2.05, 4.69) is 17.1 Å². The van der Waals surface area contributed by atoms with Crippen LogP contribution in [0.2, 0.25) is 0 Å². The Balaban J connectivity index is 1.55. The molecule has 0 unspecified atom stereocenters.